The molecular formula is C8H10N2O2S. The van der Waals surface area contributed by atoms with E-state index in [4.69, 9.17) is 5.11 Å². The summed E-state index contributed by atoms with van der Waals surface area (Å²) in [6.45, 7) is 0. The van der Waals surface area contributed by atoms with E-state index >= 15 is 0 Å². The lowest BCUT2D eigenvalue weighted by molar-refractivity contribution is -0.139. The Kier molecular flexibility index (Phi) is 2.28. The Bertz CT molecular complexity index is 299. The van der Waals surface area contributed by atoms with E-state index in [2.05, 4.69) is 10.3 Å². The normalized spacial score (nSPS) is 27.7. The van der Waals surface area contributed by atoms with E-state index in [1.165, 1.54) is 0 Å². The number of aromatic nitrogens is 1. The highest BCUT2D eigenvalue weighted by Crippen LogP contribution is 2.28. The molecule has 1 fully saturated rings. The predicted molar refractivity (Wildman–Crippen MR) is 48.6 cm³/mol. The molecule has 0 aliphatic carbocycles. The molecule has 2 heterocycles. The van der Waals surface area contributed by atoms with E-state index in [1.54, 1.807) is 23.0 Å². The van der Waals surface area contributed by atoms with Crippen LogP contribution in [-0.2, 0) is 4.79 Å². The third kappa shape index (κ3) is 1.71. The zero-order valence-electron chi connectivity index (χ0n) is 6.93. The third-order valence-electron chi connectivity index (χ3n) is 2.24. The lowest BCUT2D eigenvalue weighted by Crippen LogP contribution is -2.31. The van der Waals surface area contributed by atoms with Crippen molar-refractivity contribution in [1.82, 2.24) is 10.3 Å². The van der Waals surface area contributed by atoms with Crippen molar-refractivity contribution >= 4 is 17.3 Å². The van der Waals surface area contributed by atoms with Crippen LogP contribution in [-0.4, -0.2) is 22.1 Å². The van der Waals surface area contributed by atoms with Gasteiger partial charge in [0.15, 0.2) is 0 Å². The van der Waals surface area contributed by atoms with Crippen molar-refractivity contribution in [3.8, 4) is 0 Å². The lowest BCUT2D eigenvalue weighted by atomic mass is 10.2. The number of carboxylic acid groups (broad SMARTS) is 1. The summed E-state index contributed by atoms with van der Waals surface area (Å²) in [5.74, 6) is -0.757. The van der Waals surface area contributed by atoms with Gasteiger partial charge in [0.2, 0.25) is 0 Å². The summed E-state index contributed by atoms with van der Waals surface area (Å²) in [5.41, 5.74) is 1.77. The summed E-state index contributed by atoms with van der Waals surface area (Å²) in [4.78, 5) is 15.7. The maximum atomic E-state index is 10.6. The van der Waals surface area contributed by atoms with Crippen molar-refractivity contribution < 1.29 is 9.90 Å². The highest BCUT2D eigenvalue weighted by atomic mass is 32.1. The number of hydrogen-bond acceptors (Lipinski definition) is 4. The molecule has 2 atom stereocenters. The summed E-state index contributed by atoms with van der Waals surface area (Å²) < 4.78 is 0. The molecule has 2 N–H and O–H groups in total. The SMILES string of the molecule is O=C(O)C1CCC(c2cncs2)N1. The minimum Gasteiger partial charge on any atom is -0.480 e. The van der Waals surface area contributed by atoms with Gasteiger partial charge in [-0.15, -0.1) is 11.3 Å². The maximum Gasteiger partial charge on any atom is 0.320 e. The van der Waals surface area contributed by atoms with Crippen LogP contribution >= 0.6 is 11.3 Å². The number of carboxylic acids is 1. The third-order valence-corrected chi connectivity index (χ3v) is 3.13. The quantitative estimate of drug-likeness (QED) is 0.744. The first-order valence-electron chi connectivity index (χ1n) is 4.14. The van der Waals surface area contributed by atoms with Crippen LogP contribution in [0.4, 0.5) is 0 Å². The molecule has 0 radical (unpaired) electrons. The highest BCUT2D eigenvalue weighted by molar-refractivity contribution is 7.09. The molecule has 0 amide bonds. The first-order chi connectivity index (χ1) is 6.27. The van der Waals surface area contributed by atoms with Crippen molar-refractivity contribution in [3.63, 3.8) is 0 Å². The Hall–Kier alpha value is -0.940. The molecule has 5 heteroatoms. The second kappa shape index (κ2) is 3.43. The topological polar surface area (TPSA) is 62.2 Å². The van der Waals surface area contributed by atoms with Gasteiger partial charge in [-0.2, -0.15) is 0 Å². The zero-order valence-corrected chi connectivity index (χ0v) is 7.75. The fourth-order valence-corrected chi connectivity index (χ4v) is 2.28. The molecular weight excluding hydrogens is 188 g/mol. The molecule has 2 unspecified atom stereocenters. The van der Waals surface area contributed by atoms with Crippen LogP contribution in [0.5, 0.6) is 0 Å². The Labute approximate surface area is 79.6 Å². The van der Waals surface area contributed by atoms with Crippen LogP contribution in [0.3, 0.4) is 0 Å². The summed E-state index contributed by atoms with van der Waals surface area (Å²) in [6.07, 6.45) is 3.39. The van der Waals surface area contributed by atoms with E-state index in [0.29, 0.717) is 6.42 Å². The molecule has 1 aliphatic heterocycles. The number of nitrogens with one attached hydrogen (secondary N) is 1. The maximum absolute atomic E-state index is 10.6. The van der Waals surface area contributed by atoms with Gasteiger partial charge < -0.3 is 5.11 Å². The molecule has 13 heavy (non-hydrogen) atoms. The Morgan fingerprint density at radius 3 is 3.08 bits per heavy atom. The summed E-state index contributed by atoms with van der Waals surface area (Å²) in [5, 5.41) is 11.8. The molecule has 0 bridgehead atoms. The molecule has 0 saturated carbocycles. The van der Waals surface area contributed by atoms with Gasteiger partial charge >= 0.3 is 5.97 Å². The summed E-state index contributed by atoms with van der Waals surface area (Å²) in [6, 6.07) is -0.194. The van der Waals surface area contributed by atoms with Crippen LogP contribution in [0.25, 0.3) is 0 Å². The van der Waals surface area contributed by atoms with Gasteiger partial charge in [0.25, 0.3) is 0 Å². The summed E-state index contributed by atoms with van der Waals surface area (Å²) >= 11 is 1.57. The average Bonchev–Trinajstić information content (AvgIpc) is 2.75. The smallest absolute Gasteiger partial charge is 0.320 e. The minimum absolute atomic E-state index is 0.189. The molecule has 2 rings (SSSR count). The predicted octanol–water partition coefficient (Wildman–Crippen LogP) is 1.02. The van der Waals surface area contributed by atoms with E-state index < -0.39 is 5.97 Å². The Morgan fingerprint density at radius 1 is 1.69 bits per heavy atom. The lowest BCUT2D eigenvalue weighted by Gasteiger charge is -2.08. The number of thiazole rings is 1. The molecule has 70 valence electrons. The van der Waals surface area contributed by atoms with Crippen LogP contribution in [0.2, 0.25) is 0 Å². The molecule has 4 nitrogen and oxygen atoms in total. The monoisotopic (exact) mass is 198 g/mol. The van der Waals surface area contributed by atoms with Crippen LogP contribution < -0.4 is 5.32 Å². The average molecular weight is 198 g/mol. The van der Waals surface area contributed by atoms with Gasteiger partial charge in [-0.3, -0.25) is 15.1 Å². The van der Waals surface area contributed by atoms with Crippen LogP contribution in [0.15, 0.2) is 11.7 Å². The van der Waals surface area contributed by atoms with Gasteiger partial charge in [0.1, 0.15) is 6.04 Å². The van der Waals surface area contributed by atoms with E-state index in [1.807, 2.05) is 0 Å². The fourth-order valence-electron chi connectivity index (χ4n) is 1.56. The van der Waals surface area contributed by atoms with Crippen molar-refractivity contribution in [2.24, 2.45) is 0 Å². The molecule has 1 aromatic rings. The number of rotatable bonds is 2. The van der Waals surface area contributed by atoms with Gasteiger partial charge in [-0.1, -0.05) is 0 Å². The van der Waals surface area contributed by atoms with Crippen LogP contribution in [0, 0.1) is 0 Å². The van der Waals surface area contributed by atoms with Crippen LogP contribution in [0.1, 0.15) is 23.8 Å². The van der Waals surface area contributed by atoms with Gasteiger partial charge in [0.05, 0.1) is 5.51 Å². The molecule has 0 spiro atoms. The first-order valence-corrected chi connectivity index (χ1v) is 5.02. The standard InChI is InChI=1S/C8H10N2O2S/c11-8(12)6-2-1-5(10-6)7-3-9-4-13-7/h3-6,10H,1-2H2,(H,11,12). The molecule has 1 saturated heterocycles. The highest BCUT2D eigenvalue weighted by Gasteiger charge is 2.30. The number of carbonyl (C=O) groups is 1. The zero-order chi connectivity index (χ0) is 9.26. The number of hydrogen-bond donors (Lipinski definition) is 2. The Balaban J connectivity index is 2.03. The Morgan fingerprint density at radius 2 is 2.54 bits per heavy atom. The fraction of sp³-hybridized carbons (Fsp3) is 0.500. The van der Waals surface area contributed by atoms with E-state index in [-0.39, 0.29) is 12.1 Å². The van der Waals surface area contributed by atoms with Crippen molar-refractivity contribution in [3.05, 3.63) is 16.6 Å². The van der Waals surface area contributed by atoms with Gasteiger partial charge in [0, 0.05) is 17.1 Å². The summed E-state index contributed by atoms with van der Waals surface area (Å²) in [7, 11) is 0. The minimum atomic E-state index is -0.757. The van der Waals surface area contributed by atoms with Crippen molar-refractivity contribution in [1.29, 1.82) is 0 Å². The molecule has 1 aliphatic rings. The van der Waals surface area contributed by atoms with Gasteiger partial charge in [-0.05, 0) is 12.8 Å². The van der Waals surface area contributed by atoms with E-state index in [0.717, 1.165) is 11.3 Å². The second-order valence-corrected chi connectivity index (χ2v) is 4.01. The molecule has 1 aromatic heterocycles. The number of aliphatic carboxylic acids is 1. The largest absolute Gasteiger partial charge is 0.480 e. The molecule has 0 aromatic carbocycles. The second-order valence-electron chi connectivity index (χ2n) is 3.09. The van der Waals surface area contributed by atoms with Crippen molar-refractivity contribution in [2.45, 2.75) is 24.9 Å². The van der Waals surface area contributed by atoms with E-state index in [9.17, 15) is 4.79 Å². The van der Waals surface area contributed by atoms with Gasteiger partial charge in [-0.25, -0.2) is 0 Å². The van der Waals surface area contributed by atoms with Crippen molar-refractivity contribution in [2.75, 3.05) is 0 Å². The number of nitrogens with zero attached hydrogens (tertiary/aromatic N) is 1. The first kappa shape index (κ1) is 8.65.